The summed E-state index contributed by atoms with van der Waals surface area (Å²) in [7, 11) is 3.35. The minimum Gasteiger partial charge on any atom is -0.469 e. The SMILES string of the molecule is CCN(C)c1cc(NCCC(=O)OC)nc(C)n1. The van der Waals surface area contributed by atoms with Gasteiger partial charge < -0.3 is 15.0 Å². The number of nitrogens with one attached hydrogen (secondary N) is 1. The van der Waals surface area contributed by atoms with Gasteiger partial charge in [0.15, 0.2) is 0 Å². The molecule has 1 N–H and O–H groups in total. The fraction of sp³-hybridized carbons (Fsp3) is 0.583. The van der Waals surface area contributed by atoms with Crippen molar-refractivity contribution in [2.75, 3.05) is 37.5 Å². The molecule has 18 heavy (non-hydrogen) atoms. The number of hydrogen-bond donors (Lipinski definition) is 1. The standard InChI is InChI=1S/C12H20N4O2/c1-5-16(3)11-8-10(14-9(2)15-11)13-7-6-12(17)18-4/h8H,5-7H2,1-4H3,(H,13,14,15). The quantitative estimate of drug-likeness (QED) is 0.768. The van der Waals surface area contributed by atoms with Gasteiger partial charge in [-0.15, -0.1) is 0 Å². The molecule has 0 atom stereocenters. The van der Waals surface area contributed by atoms with Crippen molar-refractivity contribution in [3.63, 3.8) is 0 Å². The molecule has 0 radical (unpaired) electrons. The van der Waals surface area contributed by atoms with Crippen LogP contribution in [0.15, 0.2) is 6.07 Å². The third-order valence-electron chi connectivity index (χ3n) is 2.55. The molecule has 1 rings (SSSR count). The van der Waals surface area contributed by atoms with Crippen LogP contribution in [0.5, 0.6) is 0 Å². The van der Waals surface area contributed by atoms with E-state index in [9.17, 15) is 4.79 Å². The van der Waals surface area contributed by atoms with Gasteiger partial charge in [0.05, 0.1) is 13.5 Å². The highest BCUT2D eigenvalue weighted by Crippen LogP contribution is 2.14. The number of hydrogen-bond acceptors (Lipinski definition) is 6. The molecule has 100 valence electrons. The average Bonchev–Trinajstić information content (AvgIpc) is 2.36. The van der Waals surface area contributed by atoms with Crippen molar-refractivity contribution < 1.29 is 9.53 Å². The van der Waals surface area contributed by atoms with Crippen molar-refractivity contribution in [2.24, 2.45) is 0 Å². The van der Waals surface area contributed by atoms with E-state index in [2.05, 4.69) is 26.9 Å². The Hall–Kier alpha value is -1.85. The molecule has 6 heteroatoms. The second-order valence-corrected chi connectivity index (χ2v) is 3.93. The Morgan fingerprint density at radius 2 is 2.22 bits per heavy atom. The number of esters is 1. The van der Waals surface area contributed by atoms with Gasteiger partial charge in [0, 0.05) is 26.2 Å². The van der Waals surface area contributed by atoms with Crippen molar-refractivity contribution in [3.05, 3.63) is 11.9 Å². The van der Waals surface area contributed by atoms with Gasteiger partial charge in [-0.2, -0.15) is 0 Å². The van der Waals surface area contributed by atoms with Gasteiger partial charge in [-0.3, -0.25) is 4.79 Å². The van der Waals surface area contributed by atoms with Crippen LogP contribution in [0, 0.1) is 6.92 Å². The van der Waals surface area contributed by atoms with E-state index in [0.29, 0.717) is 18.8 Å². The predicted molar refractivity (Wildman–Crippen MR) is 70.8 cm³/mol. The van der Waals surface area contributed by atoms with E-state index < -0.39 is 0 Å². The topological polar surface area (TPSA) is 67.4 Å². The summed E-state index contributed by atoms with van der Waals surface area (Å²) >= 11 is 0. The number of ether oxygens (including phenoxy) is 1. The molecule has 0 saturated carbocycles. The van der Waals surface area contributed by atoms with E-state index in [1.54, 1.807) is 0 Å². The van der Waals surface area contributed by atoms with Crippen LogP contribution in [-0.4, -0.2) is 43.2 Å². The highest BCUT2D eigenvalue weighted by molar-refractivity contribution is 5.69. The van der Waals surface area contributed by atoms with Crippen molar-refractivity contribution in [1.29, 1.82) is 0 Å². The Balaban J connectivity index is 2.65. The number of nitrogens with zero attached hydrogens (tertiary/aromatic N) is 3. The summed E-state index contributed by atoms with van der Waals surface area (Å²) in [6, 6.07) is 1.87. The zero-order valence-corrected chi connectivity index (χ0v) is 11.4. The first-order chi connectivity index (χ1) is 8.56. The maximum absolute atomic E-state index is 11.0. The zero-order valence-electron chi connectivity index (χ0n) is 11.4. The molecular formula is C12H20N4O2. The molecule has 0 amide bonds. The summed E-state index contributed by atoms with van der Waals surface area (Å²) in [5, 5.41) is 3.09. The normalized spacial score (nSPS) is 10.0. The minimum absolute atomic E-state index is 0.237. The summed E-state index contributed by atoms with van der Waals surface area (Å²) in [5.74, 6) is 2.06. The van der Waals surface area contributed by atoms with Crippen molar-refractivity contribution >= 4 is 17.6 Å². The number of methoxy groups -OCH3 is 1. The molecule has 0 spiro atoms. The summed E-state index contributed by atoms with van der Waals surface area (Å²) in [6.07, 6.45) is 0.318. The Morgan fingerprint density at radius 3 is 2.83 bits per heavy atom. The summed E-state index contributed by atoms with van der Waals surface area (Å²) < 4.78 is 4.57. The molecule has 1 aromatic rings. The highest BCUT2D eigenvalue weighted by atomic mass is 16.5. The van der Waals surface area contributed by atoms with Crippen LogP contribution in [-0.2, 0) is 9.53 Å². The summed E-state index contributed by atoms with van der Waals surface area (Å²) in [6.45, 7) is 5.27. The van der Waals surface area contributed by atoms with Gasteiger partial charge in [0.2, 0.25) is 0 Å². The van der Waals surface area contributed by atoms with Crippen LogP contribution >= 0.6 is 0 Å². The lowest BCUT2D eigenvalue weighted by Gasteiger charge is -2.17. The smallest absolute Gasteiger partial charge is 0.307 e. The van der Waals surface area contributed by atoms with E-state index in [1.165, 1.54) is 7.11 Å². The van der Waals surface area contributed by atoms with Gasteiger partial charge >= 0.3 is 5.97 Å². The van der Waals surface area contributed by atoms with Crippen molar-refractivity contribution in [3.8, 4) is 0 Å². The molecule has 0 aromatic carbocycles. The number of carbonyl (C=O) groups is 1. The Kier molecular flexibility index (Phi) is 5.35. The number of aryl methyl sites for hydroxylation is 1. The average molecular weight is 252 g/mol. The summed E-state index contributed by atoms with van der Waals surface area (Å²) in [5.41, 5.74) is 0. The van der Waals surface area contributed by atoms with Crippen LogP contribution in [0.3, 0.4) is 0 Å². The minimum atomic E-state index is -0.237. The number of rotatable bonds is 6. The zero-order chi connectivity index (χ0) is 13.5. The molecule has 0 aliphatic rings. The lowest BCUT2D eigenvalue weighted by Crippen LogP contribution is -2.19. The van der Waals surface area contributed by atoms with Gasteiger partial charge in [-0.25, -0.2) is 9.97 Å². The Bertz CT molecular complexity index is 409. The highest BCUT2D eigenvalue weighted by Gasteiger charge is 2.06. The van der Waals surface area contributed by atoms with Crippen LogP contribution in [0.25, 0.3) is 0 Å². The fourth-order valence-corrected chi connectivity index (χ4v) is 1.39. The number of aromatic nitrogens is 2. The third kappa shape index (κ3) is 4.20. The number of carbonyl (C=O) groups excluding carboxylic acids is 1. The third-order valence-corrected chi connectivity index (χ3v) is 2.55. The van der Waals surface area contributed by atoms with E-state index >= 15 is 0 Å². The maximum Gasteiger partial charge on any atom is 0.307 e. The maximum atomic E-state index is 11.0. The summed E-state index contributed by atoms with van der Waals surface area (Å²) in [4.78, 5) is 21.6. The van der Waals surface area contributed by atoms with E-state index in [-0.39, 0.29) is 5.97 Å². The lowest BCUT2D eigenvalue weighted by molar-refractivity contribution is -0.140. The number of anilines is 2. The molecule has 0 unspecified atom stereocenters. The van der Waals surface area contributed by atoms with Crippen molar-refractivity contribution in [2.45, 2.75) is 20.3 Å². The molecule has 0 aliphatic heterocycles. The predicted octanol–water partition coefficient (Wildman–Crippen LogP) is 1.22. The molecule has 6 nitrogen and oxygen atoms in total. The van der Waals surface area contributed by atoms with Gasteiger partial charge in [-0.1, -0.05) is 0 Å². The molecule has 1 heterocycles. The second kappa shape index (κ2) is 6.78. The van der Waals surface area contributed by atoms with E-state index in [1.807, 2.05) is 24.9 Å². The monoisotopic (exact) mass is 252 g/mol. The van der Waals surface area contributed by atoms with Crippen molar-refractivity contribution in [1.82, 2.24) is 9.97 Å². The Labute approximate surface area is 107 Å². The van der Waals surface area contributed by atoms with Gasteiger partial charge in [0.25, 0.3) is 0 Å². The largest absolute Gasteiger partial charge is 0.469 e. The van der Waals surface area contributed by atoms with Crippen LogP contribution in [0.2, 0.25) is 0 Å². The van der Waals surface area contributed by atoms with E-state index in [0.717, 1.165) is 18.2 Å². The first-order valence-corrected chi connectivity index (χ1v) is 5.94. The van der Waals surface area contributed by atoms with Crippen LogP contribution < -0.4 is 10.2 Å². The van der Waals surface area contributed by atoms with Crippen LogP contribution in [0.1, 0.15) is 19.2 Å². The van der Waals surface area contributed by atoms with Gasteiger partial charge in [0.1, 0.15) is 17.5 Å². The Morgan fingerprint density at radius 1 is 1.50 bits per heavy atom. The second-order valence-electron chi connectivity index (χ2n) is 3.93. The molecule has 0 saturated heterocycles. The van der Waals surface area contributed by atoms with E-state index in [4.69, 9.17) is 0 Å². The molecular weight excluding hydrogens is 232 g/mol. The molecule has 1 aromatic heterocycles. The van der Waals surface area contributed by atoms with Gasteiger partial charge in [-0.05, 0) is 13.8 Å². The molecule has 0 aliphatic carbocycles. The first-order valence-electron chi connectivity index (χ1n) is 5.94. The van der Waals surface area contributed by atoms with Crippen LogP contribution in [0.4, 0.5) is 11.6 Å². The lowest BCUT2D eigenvalue weighted by atomic mass is 10.4. The first kappa shape index (κ1) is 14.2. The molecule has 0 fully saturated rings. The fourth-order valence-electron chi connectivity index (χ4n) is 1.39. The molecule has 0 bridgehead atoms.